The number of hydrogen-bond acceptors (Lipinski definition) is 3. The maximum atomic E-state index is 11.5. The van der Waals surface area contributed by atoms with Crippen LogP contribution < -0.4 is 4.90 Å². The highest BCUT2D eigenvalue weighted by molar-refractivity contribution is 9.10. The van der Waals surface area contributed by atoms with Crippen LogP contribution in [-0.2, 0) is 14.3 Å². The Balaban J connectivity index is 2.40. The van der Waals surface area contributed by atoms with Crippen molar-refractivity contribution in [2.24, 2.45) is 0 Å². The zero-order chi connectivity index (χ0) is 10.8. The van der Waals surface area contributed by atoms with Crippen molar-refractivity contribution < 1.29 is 14.3 Å². The van der Waals surface area contributed by atoms with E-state index in [4.69, 9.17) is 4.74 Å². The number of ether oxygens (including phenoxy) is 1. The highest BCUT2D eigenvalue weighted by Crippen LogP contribution is 2.26. The fourth-order valence-corrected chi connectivity index (χ4v) is 1.86. The minimum Gasteiger partial charge on any atom is -0.362 e. The predicted molar refractivity (Wildman–Crippen MR) is 57.5 cm³/mol. The second kappa shape index (κ2) is 4.12. The Labute approximate surface area is 94.9 Å². The largest absolute Gasteiger partial charge is 0.362 e. The average Bonchev–Trinajstić information content (AvgIpc) is 2.20. The van der Waals surface area contributed by atoms with Gasteiger partial charge in [0.2, 0.25) is 0 Å². The summed E-state index contributed by atoms with van der Waals surface area (Å²) in [7, 11) is 0. The van der Waals surface area contributed by atoms with E-state index in [1.54, 1.807) is 18.2 Å². The molecule has 1 aliphatic rings. The molecule has 1 saturated heterocycles. The molecule has 1 fully saturated rings. The molecule has 2 amide bonds. The van der Waals surface area contributed by atoms with E-state index < -0.39 is 0 Å². The van der Waals surface area contributed by atoms with Crippen LogP contribution in [0.15, 0.2) is 28.7 Å². The maximum Gasteiger partial charge on any atom is 0.259 e. The number of nitrogens with zero attached hydrogens (tertiary/aromatic N) is 1. The van der Waals surface area contributed by atoms with Crippen molar-refractivity contribution in [1.82, 2.24) is 0 Å². The molecular weight excluding hydrogens is 262 g/mol. The van der Waals surface area contributed by atoms with E-state index in [0.717, 1.165) is 4.90 Å². The van der Waals surface area contributed by atoms with Gasteiger partial charge in [0, 0.05) is 4.47 Å². The third-order valence-corrected chi connectivity index (χ3v) is 2.71. The van der Waals surface area contributed by atoms with E-state index in [1.165, 1.54) is 0 Å². The lowest BCUT2D eigenvalue weighted by atomic mass is 10.2. The second-order valence-electron chi connectivity index (χ2n) is 3.07. The lowest BCUT2D eigenvalue weighted by Gasteiger charge is -2.25. The molecule has 0 spiro atoms. The van der Waals surface area contributed by atoms with Crippen LogP contribution in [0.2, 0.25) is 0 Å². The first-order valence-corrected chi connectivity index (χ1v) is 5.17. The number of amides is 2. The normalized spacial score (nSPS) is 17.0. The van der Waals surface area contributed by atoms with Gasteiger partial charge in [0.05, 0.1) is 5.69 Å². The van der Waals surface area contributed by atoms with Gasteiger partial charge in [0.25, 0.3) is 11.8 Å². The summed E-state index contributed by atoms with van der Waals surface area (Å²) >= 11 is 3.30. The molecule has 15 heavy (non-hydrogen) atoms. The second-order valence-corrected chi connectivity index (χ2v) is 3.92. The summed E-state index contributed by atoms with van der Waals surface area (Å²) in [5, 5.41) is 0. The highest BCUT2D eigenvalue weighted by atomic mass is 79.9. The monoisotopic (exact) mass is 269 g/mol. The van der Waals surface area contributed by atoms with Crippen LogP contribution in [0.1, 0.15) is 0 Å². The van der Waals surface area contributed by atoms with Gasteiger partial charge in [-0.15, -0.1) is 0 Å². The fourth-order valence-electron chi connectivity index (χ4n) is 1.40. The van der Waals surface area contributed by atoms with E-state index in [9.17, 15) is 9.59 Å². The van der Waals surface area contributed by atoms with Gasteiger partial charge >= 0.3 is 0 Å². The van der Waals surface area contributed by atoms with Gasteiger partial charge in [-0.05, 0) is 28.1 Å². The van der Waals surface area contributed by atoms with Crippen LogP contribution in [0, 0.1) is 0 Å². The van der Waals surface area contributed by atoms with Gasteiger partial charge in [0.1, 0.15) is 13.2 Å². The number of anilines is 1. The van der Waals surface area contributed by atoms with Crippen molar-refractivity contribution in [1.29, 1.82) is 0 Å². The number of carbonyl (C=O) groups is 2. The van der Waals surface area contributed by atoms with Gasteiger partial charge in [-0.1, -0.05) is 12.1 Å². The fraction of sp³-hybridized carbons (Fsp3) is 0.200. The van der Waals surface area contributed by atoms with Crippen molar-refractivity contribution in [2.75, 3.05) is 18.1 Å². The first kappa shape index (κ1) is 10.3. The summed E-state index contributed by atoms with van der Waals surface area (Å²) < 4.78 is 5.55. The van der Waals surface area contributed by atoms with E-state index in [0.29, 0.717) is 10.2 Å². The first-order valence-electron chi connectivity index (χ1n) is 4.38. The van der Waals surface area contributed by atoms with Gasteiger partial charge in [-0.2, -0.15) is 0 Å². The SMILES string of the molecule is O=C1COCC(=O)N1c1ccccc1Br. The molecule has 0 atom stereocenters. The number of imide groups is 1. The Morgan fingerprint density at radius 3 is 2.33 bits per heavy atom. The summed E-state index contributed by atoms with van der Waals surface area (Å²) in [6.07, 6.45) is 0. The molecule has 0 radical (unpaired) electrons. The van der Waals surface area contributed by atoms with Crippen molar-refractivity contribution in [2.45, 2.75) is 0 Å². The lowest BCUT2D eigenvalue weighted by Crippen LogP contribution is -2.46. The van der Waals surface area contributed by atoms with E-state index in [-0.39, 0.29) is 25.0 Å². The molecule has 0 aliphatic carbocycles. The number of halogens is 1. The van der Waals surface area contributed by atoms with Crippen LogP contribution in [-0.4, -0.2) is 25.0 Å². The van der Waals surface area contributed by atoms with Gasteiger partial charge in [-0.3, -0.25) is 9.59 Å². The molecular formula is C10H8BrNO3. The van der Waals surface area contributed by atoms with Gasteiger partial charge < -0.3 is 4.74 Å². The van der Waals surface area contributed by atoms with Crippen LogP contribution in [0.3, 0.4) is 0 Å². The Bertz CT molecular complexity index is 403. The Morgan fingerprint density at radius 1 is 1.13 bits per heavy atom. The molecule has 0 unspecified atom stereocenters. The van der Waals surface area contributed by atoms with Crippen LogP contribution in [0.25, 0.3) is 0 Å². The van der Waals surface area contributed by atoms with Crippen molar-refractivity contribution in [3.8, 4) is 0 Å². The molecule has 1 aromatic carbocycles. The topological polar surface area (TPSA) is 46.6 Å². The van der Waals surface area contributed by atoms with E-state index >= 15 is 0 Å². The van der Waals surface area contributed by atoms with Gasteiger partial charge in [0.15, 0.2) is 0 Å². The molecule has 1 heterocycles. The van der Waals surface area contributed by atoms with Crippen molar-refractivity contribution in [3.05, 3.63) is 28.7 Å². The lowest BCUT2D eigenvalue weighted by molar-refractivity contribution is -0.138. The highest BCUT2D eigenvalue weighted by Gasteiger charge is 2.29. The standard InChI is InChI=1S/C10H8BrNO3/c11-7-3-1-2-4-8(7)12-9(13)5-15-6-10(12)14/h1-4H,5-6H2. The molecule has 5 heteroatoms. The minimum absolute atomic E-state index is 0.0485. The summed E-state index contributed by atoms with van der Waals surface area (Å²) in [5.41, 5.74) is 0.566. The number of carbonyl (C=O) groups excluding carboxylic acids is 2. The third-order valence-electron chi connectivity index (χ3n) is 2.04. The molecule has 0 saturated carbocycles. The molecule has 4 nitrogen and oxygen atoms in total. The number of benzene rings is 1. The third kappa shape index (κ3) is 1.93. The van der Waals surface area contributed by atoms with E-state index in [2.05, 4.69) is 15.9 Å². The summed E-state index contributed by atoms with van der Waals surface area (Å²) in [5.74, 6) is -0.670. The van der Waals surface area contributed by atoms with E-state index in [1.807, 2.05) is 6.07 Å². The predicted octanol–water partition coefficient (Wildman–Crippen LogP) is 1.34. The number of morpholine rings is 1. The molecule has 0 aromatic heterocycles. The number of rotatable bonds is 1. The molecule has 0 N–H and O–H groups in total. The Morgan fingerprint density at radius 2 is 1.73 bits per heavy atom. The Kier molecular flexibility index (Phi) is 2.83. The number of hydrogen-bond donors (Lipinski definition) is 0. The molecule has 78 valence electrons. The quantitative estimate of drug-likeness (QED) is 0.723. The summed E-state index contributed by atoms with van der Waals surface area (Å²) in [6, 6.07) is 7.09. The molecule has 1 aromatic rings. The molecule has 2 rings (SSSR count). The van der Waals surface area contributed by atoms with Crippen molar-refractivity contribution >= 4 is 33.4 Å². The van der Waals surface area contributed by atoms with Crippen LogP contribution in [0.5, 0.6) is 0 Å². The first-order chi connectivity index (χ1) is 7.20. The summed E-state index contributed by atoms with van der Waals surface area (Å²) in [4.78, 5) is 24.2. The molecule has 0 bridgehead atoms. The zero-order valence-electron chi connectivity index (χ0n) is 7.77. The van der Waals surface area contributed by atoms with Crippen LogP contribution in [0.4, 0.5) is 5.69 Å². The number of para-hydroxylation sites is 1. The summed E-state index contributed by atoms with van der Waals surface area (Å²) in [6.45, 7) is -0.0971. The molecule has 1 aliphatic heterocycles. The minimum atomic E-state index is -0.335. The average molecular weight is 270 g/mol. The van der Waals surface area contributed by atoms with Crippen LogP contribution >= 0.6 is 15.9 Å². The van der Waals surface area contributed by atoms with Crippen molar-refractivity contribution in [3.63, 3.8) is 0 Å². The smallest absolute Gasteiger partial charge is 0.259 e. The zero-order valence-corrected chi connectivity index (χ0v) is 9.36. The maximum absolute atomic E-state index is 11.5. The Hall–Kier alpha value is -1.20. The van der Waals surface area contributed by atoms with Gasteiger partial charge in [-0.25, -0.2) is 4.90 Å².